The highest BCUT2D eigenvalue weighted by molar-refractivity contribution is 6.33. The first-order valence-electron chi connectivity index (χ1n) is 11.5. The summed E-state index contributed by atoms with van der Waals surface area (Å²) in [5.74, 6) is -3.07. The predicted molar refractivity (Wildman–Crippen MR) is 121 cm³/mol. The van der Waals surface area contributed by atoms with E-state index in [9.17, 15) is 19.5 Å². The molecule has 33 heavy (non-hydrogen) atoms. The SMILES string of the molecule is CCOC(=O)[C@@H]1[C@H]2C(=O)N([C@@H](CC)CO)C(C(=O)Nc3ccccc3Cl)C23CC(C)[C@@]1(C)O3. The maximum atomic E-state index is 13.9. The summed E-state index contributed by atoms with van der Waals surface area (Å²) < 4.78 is 11.9. The molecule has 1 spiro atoms. The van der Waals surface area contributed by atoms with Gasteiger partial charge in [-0.25, -0.2) is 0 Å². The third-order valence-electron chi connectivity index (χ3n) is 7.75. The number of benzene rings is 1. The van der Waals surface area contributed by atoms with Crippen molar-refractivity contribution in [2.45, 2.75) is 63.8 Å². The Morgan fingerprint density at radius 2 is 2.06 bits per heavy atom. The minimum atomic E-state index is -1.20. The normalized spacial score (nSPS) is 35.5. The van der Waals surface area contributed by atoms with Gasteiger partial charge in [0, 0.05) is 0 Å². The molecule has 0 aromatic heterocycles. The highest BCUT2D eigenvalue weighted by Crippen LogP contribution is 2.65. The van der Waals surface area contributed by atoms with Crippen molar-refractivity contribution in [2.75, 3.05) is 18.5 Å². The number of ether oxygens (including phenoxy) is 2. The topological polar surface area (TPSA) is 105 Å². The molecular formula is C24H31ClN2O6. The molecule has 180 valence electrons. The first kappa shape index (κ1) is 24.0. The zero-order valence-corrected chi connectivity index (χ0v) is 20.1. The fourth-order valence-corrected chi connectivity index (χ4v) is 6.32. The van der Waals surface area contributed by atoms with Crippen LogP contribution in [0.2, 0.25) is 5.02 Å². The third-order valence-corrected chi connectivity index (χ3v) is 8.08. The Hall–Kier alpha value is -2.16. The predicted octanol–water partition coefficient (Wildman–Crippen LogP) is 2.62. The Labute approximate surface area is 198 Å². The summed E-state index contributed by atoms with van der Waals surface area (Å²) >= 11 is 6.26. The number of para-hydroxylation sites is 1. The zero-order chi connectivity index (χ0) is 24.1. The zero-order valence-electron chi connectivity index (χ0n) is 19.3. The molecule has 0 aliphatic carbocycles. The van der Waals surface area contributed by atoms with E-state index in [0.717, 1.165) is 0 Å². The fourth-order valence-electron chi connectivity index (χ4n) is 6.14. The molecule has 3 heterocycles. The van der Waals surface area contributed by atoms with Crippen LogP contribution in [-0.4, -0.2) is 64.3 Å². The summed E-state index contributed by atoms with van der Waals surface area (Å²) in [6.45, 7) is 7.23. The Bertz CT molecular complexity index is 968. The van der Waals surface area contributed by atoms with Crippen LogP contribution in [0.15, 0.2) is 24.3 Å². The molecular weight excluding hydrogens is 448 g/mol. The maximum Gasteiger partial charge on any atom is 0.312 e. The number of nitrogens with zero attached hydrogens (tertiary/aromatic N) is 1. The van der Waals surface area contributed by atoms with Crippen molar-refractivity contribution in [3.05, 3.63) is 29.3 Å². The number of rotatable bonds is 7. The van der Waals surface area contributed by atoms with Gasteiger partial charge in [-0.05, 0) is 44.7 Å². The van der Waals surface area contributed by atoms with E-state index in [0.29, 0.717) is 23.6 Å². The minimum absolute atomic E-state index is 0.0827. The number of nitrogens with one attached hydrogen (secondary N) is 1. The van der Waals surface area contributed by atoms with Crippen molar-refractivity contribution in [3.63, 3.8) is 0 Å². The van der Waals surface area contributed by atoms with Gasteiger partial charge in [0.1, 0.15) is 17.6 Å². The molecule has 2 bridgehead atoms. The van der Waals surface area contributed by atoms with E-state index in [1.165, 1.54) is 4.90 Å². The smallest absolute Gasteiger partial charge is 0.312 e. The lowest BCUT2D eigenvalue weighted by Crippen LogP contribution is -2.56. The molecule has 0 radical (unpaired) electrons. The van der Waals surface area contributed by atoms with Crippen LogP contribution in [0.4, 0.5) is 5.69 Å². The second-order valence-corrected chi connectivity index (χ2v) is 9.82. The molecule has 3 saturated heterocycles. The maximum absolute atomic E-state index is 13.9. The molecule has 3 unspecified atom stereocenters. The average molecular weight is 479 g/mol. The van der Waals surface area contributed by atoms with Gasteiger partial charge in [-0.15, -0.1) is 0 Å². The van der Waals surface area contributed by atoms with Crippen LogP contribution in [0.3, 0.4) is 0 Å². The lowest BCUT2D eigenvalue weighted by atomic mass is 9.62. The van der Waals surface area contributed by atoms with E-state index in [1.54, 1.807) is 31.2 Å². The van der Waals surface area contributed by atoms with E-state index < -0.39 is 47.0 Å². The molecule has 0 saturated carbocycles. The molecule has 2 N–H and O–H groups in total. The summed E-state index contributed by atoms with van der Waals surface area (Å²) in [7, 11) is 0. The number of carbonyl (C=O) groups excluding carboxylic acids is 3. The summed E-state index contributed by atoms with van der Waals surface area (Å²) in [4.78, 5) is 42.1. The van der Waals surface area contributed by atoms with Crippen LogP contribution >= 0.6 is 11.6 Å². The van der Waals surface area contributed by atoms with Gasteiger partial charge in [0.15, 0.2) is 0 Å². The van der Waals surface area contributed by atoms with Gasteiger partial charge in [0.05, 0.1) is 41.5 Å². The molecule has 8 nitrogen and oxygen atoms in total. The Morgan fingerprint density at radius 1 is 1.36 bits per heavy atom. The van der Waals surface area contributed by atoms with Crippen molar-refractivity contribution in [3.8, 4) is 0 Å². The molecule has 4 rings (SSSR count). The molecule has 3 fully saturated rings. The Balaban J connectivity index is 1.81. The monoisotopic (exact) mass is 478 g/mol. The van der Waals surface area contributed by atoms with E-state index in [-0.39, 0.29) is 25.0 Å². The van der Waals surface area contributed by atoms with Crippen molar-refractivity contribution >= 4 is 35.1 Å². The molecule has 1 aromatic rings. The van der Waals surface area contributed by atoms with E-state index in [2.05, 4.69) is 5.32 Å². The molecule has 3 aliphatic rings. The third kappa shape index (κ3) is 3.37. The number of hydrogen-bond acceptors (Lipinski definition) is 6. The van der Waals surface area contributed by atoms with Crippen LogP contribution in [-0.2, 0) is 23.9 Å². The van der Waals surface area contributed by atoms with Gasteiger partial charge in [0.25, 0.3) is 0 Å². The number of carbonyl (C=O) groups is 3. The summed E-state index contributed by atoms with van der Waals surface area (Å²) in [6, 6.07) is 5.24. The van der Waals surface area contributed by atoms with Crippen molar-refractivity contribution in [2.24, 2.45) is 17.8 Å². The van der Waals surface area contributed by atoms with Crippen LogP contribution in [0.1, 0.15) is 40.5 Å². The second-order valence-electron chi connectivity index (χ2n) is 9.42. The summed E-state index contributed by atoms with van der Waals surface area (Å²) in [6.07, 6.45) is 0.882. The Kier molecular flexibility index (Phi) is 6.22. The number of hydrogen-bond donors (Lipinski definition) is 2. The first-order valence-corrected chi connectivity index (χ1v) is 11.9. The number of fused-ring (bicyclic) bond motifs is 1. The number of aliphatic hydroxyl groups excluding tert-OH is 1. The largest absolute Gasteiger partial charge is 0.466 e. The van der Waals surface area contributed by atoms with E-state index in [1.807, 2.05) is 20.8 Å². The van der Waals surface area contributed by atoms with E-state index >= 15 is 0 Å². The molecule has 3 aliphatic heterocycles. The number of aliphatic hydroxyl groups is 1. The van der Waals surface area contributed by atoms with Crippen molar-refractivity contribution < 1.29 is 29.0 Å². The first-order chi connectivity index (χ1) is 15.7. The van der Waals surface area contributed by atoms with Crippen molar-refractivity contribution in [1.82, 2.24) is 4.90 Å². The van der Waals surface area contributed by atoms with Gasteiger partial charge in [-0.2, -0.15) is 0 Å². The van der Waals surface area contributed by atoms with Crippen LogP contribution < -0.4 is 5.32 Å². The van der Waals surface area contributed by atoms with Gasteiger partial charge in [0.2, 0.25) is 11.8 Å². The van der Waals surface area contributed by atoms with Crippen molar-refractivity contribution in [1.29, 1.82) is 0 Å². The lowest BCUT2D eigenvalue weighted by Gasteiger charge is -2.36. The van der Waals surface area contributed by atoms with Gasteiger partial charge in [-0.3, -0.25) is 14.4 Å². The quantitative estimate of drug-likeness (QED) is 0.584. The molecule has 9 heteroatoms. The van der Waals surface area contributed by atoms with Crippen LogP contribution in [0.25, 0.3) is 0 Å². The van der Waals surface area contributed by atoms with Gasteiger partial charge in [-0.1, -0.05) is 37.6 Å². The molecule has 1 aromatic carbocycles. The van der Waals surface area contributed by atoms with Gasteiger partial charge < -0.3 is 24.8 Å². The second kappa shape index (κ2) is 8.56. The highest BCUT2D eigenvalue weighted by Gasteiger charge is 2.80. The fraction of sp³-hybridized carbons (Fsp3) is 0.625. The minimum Gasteiger partial charge on any atom is -0.466 e. The Morgan fingerprint density at radius 3 is 2.67 bits per heavy atom. The number of halogens is 1. The molecule has 2 amide bonds. The lowest BCUT2D eigenvalue weighted by molar-refractivity contribution is -0.161. The van der Waals surface area contributed by atoms with Crippen LogP contribution in [0, 0.1) is 17.8 Å². The number of anilines is 1. The van der Waals surface area contributed by atoms with Crippen LogP contribution in [0.5, 0.6) is 0 Å². The summed E-state index contributed by atoms with van der Waals surface area (Å²) in [5, 5.41) is 13.3. The number of likely N-dealkylation sites (tertiary alicyclic amines) is 1. The number of amides is 2. The summed E-state index contributed by atoms with van der Waals surface area (Å²) in [5.41, 5.74) is -1.71. The highest BCUT2D eigenvalue weighted by atomic mass is 35.5. The average Bonchev–Trinajstić information content (AvgIpc) is 3.28. The standard InChI is InChI=1S/C24H31ClN2O6/c1-5-14(12-28)27-19(20(29)26-16-10-8-7-9-15(16)25)24-11-13(3)23(4,33-24)18(17(24)21(27)30)22(31)32-6-2/h7-10,13-14,17-19,28H,5-6,11-12H2,1-4H3,(H,26,29)/t13?,14-,17-,18-,19?,23+,24?/m0/s1. The molecule has 7 atom stereocenters. The van der Waals surface area contributed by atoms with Gasteiger partial charge >= 0.3 is 5.97 Å². The number of esters is 1. The van der Waals surface area contributed by atoms with E-state index in [4.69, 9.17) is 21.1 Å².